The molecule has 1 aliphatic carbocycles. The van der Waals surface area contributed by atoms with Crippen LogP contribution in [-0.4, -0.2) is 31.3 Å². The van der Waals surface area contributed by atoms with Gasteiger partial charge in [-0.3, -0.25) is 0 Å². The zero-order chi connectivity index (χ0) is 12.3. The largest absolute Gasteiger partial charge is 0.494 e. The molecule has 0 spiro atoms. The molecule has 1 fully saturated rings. The SMILES string of the molecule is CCOc1ccc(OC2CC(Cl)C2OC)cc1. The monoisotopic (exact) mass is 256 g/mol. The second-order valence-corrected chi connectivity index (χ2v) is 4.57. The van der Waals surface area contributed by atoms with Crippen LogP contribution in [0.3, 0.4) is 0 Å². The molecular formula is C13H17ClO3. The van der Waals surface area contributed by atoms with Crippen LogP contribution < -0.4 is 9.47 Å². The van der Waals surface area contributed by atoms with Gasteiger partial charge in [0.1, 0.15) is 23.7 Å². The van der Waals surface area contributed by atoms with Crippen molar-refractivity contribution in [3.63, 3.8) is 0 Å². The van der Waals surface area contributed by atoms with Crippen molar-refractivity contribution in [1.82, 2.24) is 0 Å². The average Bonchev–Trinajstić information content (AvgIpc) is 2.31. The number of ether oxygens (including phenoxy) is 3. The van der Waals surface area contributed by atoms with Crippen molar-refractivity contribution in [2.45, 2.75) is 30.9 Å². The maximum atomic E-state index is 6.02. The molecule has 0 saturated heterocycles. The summed E-state index contributed by atoms with van der Waals surface area (Å²) < 4.78 is 16.4. The van der Waals surface area contributed by atoms with Gasteiger partial charge >= 0.3 is 0 Å². The Balaban J connectivity index is 1.91. The quantitative estimate of drug-likeness (QED) is 0.759. The van der Waals surface area contributed by atoms with Gasteiger partial charge in [-0.25, -0.2) is 0 Å². The molecular weight excluding hydrogens is 240 g/mol. The van der Waals surface area contributed by atoms with E-state index >= 15 is 0 Å². The zero-order valence-electron chi connectivity index (χ0n) is 10.1. The Morgan fingerprint density at radius 2 is 1.88 bits per heavy atom. The summed E-state index contributed by atoms with van der Waals surface area (Å²) in [4.78, 5) is 0. The number of rotatable bonds is 5. The van der Waals surface area contributed by atoms with Gasteiger partial charge in [-0.2, -0.15) is 0 Å². The molecule has 4 heteroatoms. The molecule has 0 amide bonds. The Labute approximate surface area is 107 Å². The summed E-state index contributed by atoms with van der Waals surface area (Å²) in [6.07, 6.45) is 0.872. The highest BCUT2D eigenvalue weighted by atomic mass is 35.5. The van der Waals surface area contributed by atoms with E-state index in [0.717, 1.165) is 17.9 Å². The third-order valence-corrected chi connectivity index (χ3v) is 3.30. The predicted octanol–water partition coefficient (Wildman–Crippen LogP) is 2.86. The van der Waals surface area contributed by atoms with Gasteiger partial charge in [0.15, 0.2) is 0 Å². The van der Waals surface area contributed by atoms with Gasteiger partial charge in [0.05, 0.1) is 12.0 Å². The van der Waals surface area contributed by atoms with Gasteiger partial charge in [-0.1, -0.05) is 0 Å². The topological polar surface area (TPSA) is 27.7 Å². The van der Waals surface area contributed by atoms with Crippen molar-refractivity contribution in [2.24, 2.45) is 0 Å². The van der Waals surface area contributed by atoms with Gasteiger partial charge in [-0.05, 0) is 31.2 Å². The molecule has 2 rings (SSSR count). The average molecular weight is 257 g/mol. The van der Waals surface area contributed by atoms with Crippen molar-refractivity contribution in [1.29, 1.82) is 0 Å². The lowest BCUT2D eigenvalue weighted by Crippen LogP contribution is -2.52. The minimum Gasteiger partial charge on any atom is -0.494 e. The maximum Gasteiger partial charge on any atom is 0.128 e. The number of methoxy groups -OCH3 is 1. The van der Waals surface area contributed by atoms with E-state index in [0.29, 0.717) is 6.61 Å². The third kappa shape index (κ3) is 2.85. The van der Waals surface area contributed by atoms with E-state index in [9.17, 15) is 0 Å². The first kappa shape index (κ1) is 12.5. The fraction of sp³-hybridized carbons (Fsp3) is 0.538. The Kier molecular flexibility index (Phi) is 4.13. The normalized spacial score (nSPS) is 27.4. The molecule has 1 aliphatic rings. The summed E-state index contributed by atoms with van der Waals surface area (Å²) in [5, 5.41) is 0.0627. The highest BCUT2D eigenvalue weighted by Gasteiger charge is 2.42. The van der Waals surface area contributed by atoms with Crippen LogP contribution in [0.4, 0.5) is 0 Å². The lowest BCUT2D eigenvalue weighted by molar-refractivity contribution is -0.0583. The summed E-state index contributed by atoms with van der Waals surface area (Å²) in [6, 6.07) is 7.60. The second kappa shape index (κ2) is 5.61. The lowest BCUT2D eigenvalue weighted by Gasteiger charge is -2.39. The van der Waals surface area contributed by atoms with E-state index in [2.05, 4.69) is 0 Å². The van der Waals surface area contributed by atoms with Crippen LogP contribution in [0.2, 0.25) is 0 Å². The summed E-state index contributed by atoms with van der Waals surface area (Å²) in [6.45, 7) is 2.63. The van der Waals surface area contributed by atoms with E-state index in [1.54, 1.807) is 7.11 Å². The predicted molar refractivity (Wildman–Crippen MR) is 67.1 cm³/mol. The molecule has 0 bridgehead atoms. The summed E-state index contributed by atoms with van der Waals surface area (Å²) in [5.41, 5.74) is 0. The van der Waals surface area contributed by atoms with Crippen LogP contribution in [-0.2, 0) is 4.74 Å². The van der Waals surface area contributed by atoms with E-state index in [-0.39, 0.29) is 17.6 Å². The van der Waals surface area contributed by atoms with Gasteiger partial charge < -0.3 is 14.2 Å². The van der Waals surface area contributed by atoms with Crippen molar-refractivity contribution >= 4 is 11.6 Å². The third-order valence-electron chi connectivity index (χ3n) is 2.87. The smallest absolute Gasteiger partial charge is 0.128 e. The summed E-state index contributed by atoms with van der Waals surface area (Å²) >= 11 is 6.02. The molecule has 1 aromatic carbocycles. The molecule has 3 atom stereocenters. The number of hydrogen-bond donors (Lipinski definition) is 0. The molecule has 3 unspecified atom stereocenters. The highest BCUT2D eigenvalue weighted by molar-refractivity contribution is 6.21. The van der Waals surface area contributed by atoms with Gasteiger partial charge in [0.2, 0.25) is 0 Å². The van der Waals surface area contributed by atoms with Crippen molar-refractivity contribution < 1.29 is 14.2 Å². The Bertz CT molecular complexity index is 352. The van der Waals surface area contributed by atoms with E-state index in [4.69, 9.17) is 25.8 Å². The molecule has 94 valence electrons. The molecule has 0 aliphatic heterocycles. The number of hydrogen-bond acceptors (Lipinski definition) is 3. The molecule has 0 aromatic heterocycles. The van der Waals surface area contributed by atoms with Crippen LogP contribution in [0.5, 0.6) is 11.5 Å². The summed E-state index contributed by atoms with van der Waals surface area (Å²) in [5.74, 6) is 1.68. The minimum absolute atomic E-state index is 0.0109. The van der Waals surface area contributed by atoms with Crippen LogP contribution in [0.25, 0.3) is 0 Å². The van der Waals surface area contributed by atoms with Crippen LogP contribution in [0.1, 0.15) is 13.3 Å². The first-order valence-corrected chi connectivity index (χ1v) is 6.24. The van der Waals surface area contributed by atoms with Gasteiger partial charge in [0, 0.05) is 13.5 Å². The van der Waals surface area contributed by atoms with Gasteiger partial charge in [-0.15, -0.1) is 11.6 Å². The minimum atomic E-state index is -0.0109. The standard InChI is InChI=1S/C13H17ClO3/c1-3-16-9-4-6-10(7-5-9)17-12-8-11(14)13(12)15-2/h4-7,11-13H,3,8H2,1-2H3. The molecule has 0 heterocycles. The van der Waals surface area contributed by atoms with Gasteiger partial charge in [0.25, 0.3) is 0 Å². The second-order valence-electron chi connectivity index (χ2n) is 4.01. The maximum absolute atomic E-state index is 6.02. The van der Waals surface area contributed by atoms with Crippen molar-refractivity contribution in [2.75, 3.05) is 13.7 Å². The fourth-order valence-corrected chi connectivity index (χ4v) is 2.34. The molecule has 1 aromatic rings. The zero-order valence-corrected chi connectivity index (χ0v) is 10.8. The number of alkyl halides is 1. The fourth-order valence-electron chi connectivity index (χ4n) is 1.90. The van der Waals surface area contributed by atoms with E-state index in [1.165, 1.54) is 0 Å². The molecule has 17 heavy (non-hydrogen) atoms. The van der Waals surface area contributed by atoms with E-state index < -0.39 is 0 Å². The lowest BCUT2D eigenvalue weighted by atomic mass is 9.91. The molecule has 0 radical (unpaired) electrons. The number of halogens is 1. The Morgan fingerprint density at radius 3 is 2.41 bits per heavy atom. The number of benzene rings is 1. The molecule has 0 N–H and O–H groups in total. The molecule has 3 nitrogen and oxygen atoms in total. The van der Waals surface area contributed by atoms with Crippen LogP contribution >= 0.6 is 11.6 Å². The van der Waals surface area contributed by atoms with E-state index in [1.807, 2.05) is 31.2 Å². The Morgan fingerprint density at radius 1 is 1.24 bits per heavy atom. The van der Waals surface area contributed by atoms with Crippen molar-refractivity contribution in [3.05, 3.63) is 24.3 Å². The summed E-state index contributed by atoms with van der Waals surface area (Å²) in [7, 11) is 1.66. The van der Waals surface area contributed by atoms with Crippen LogP contribution in [0.15, 0.2) is 24.3 Å². The molecule has 1 saturated carbocycles. The highest BCUT2D eigenvalue weighted by Crippen LogP contribution is 2.32. The Hall–Kier alpha value is -0.930. The first-order chi connectivity index (χ1) is 8.24. The van der Waals surface area contributed by atoms with Crippen LogP contribution in [0, 0.1) is 0 Å². The van der Waals surface area contributed by atoms with Crippen molar-refractivity contribution in [3.8, 4) is 11.5 Å². The first-order valence-electron chi connectivity index (χ1n) is 5.81.